The van der Waals surface area contributed by atoms with Gasteiger partial charge in [-0.1, -0.05) is 64.2 Å². The summed E-state index contributed by atoms with van der Waals surface area (Å²) in [5, 5.41) is 34.6. The molecule has 7 fully saturated rings. The normalized spacial score (nSPS) is 29.4. The molecule has 10 atom stereocenters. The number of carboxylic acids is 1. The molecule has 0 spiro atoms. The second kappa shape index (κ2) is 27.4. The van der Waals surface area contributed by atoms with Crippen LogP contribution in [0.1, 0.15) is 162 Å². The fourth-order valence-corrected chi connectivity index (χ4v) is 13.7. The van der Waals surface area contributed by atoms with Gasteiger partial charge in [-0.3, -0.25) is 19.2 Å². The molecule has 2 unspecified atom stereocenters. The Labute approximate surface area is 505 Å². The van der Waals surface area contributed by atoms with E-state index in [-0.39, 0.29) is 43.9 Å². The number of nitrogens with two attached hydrogens (primary N) is 1. The molecule has 3 saturated carbocycles. The number of nitrogen functional groups attached to an aromatic ring is 1. The third kappa shape index (κ3) is 15.2. The maximum absolute atomic E-state index is 14.5. The summed E-state index contributed by atoms with van der Waals surface area (Å²) in [6.45, 7) is 5.24. The van der Waals surface area contributed by atoms with Gasteiger partial charge in [-0.05, 0) is 109 Å². The number of aliphatic carboxylic acids is 1. The standard InChI is InChI=1S/C37H46N6O8S.C24H39N3O7/c1-49-23-13-14-25-27(15-23)39-28(29-20-52-35(38)40-29)17-31(25)50-24-16-30-32(44)42-37(34(46)47)18-21(37)9-5-3-2-4-6-12-26(33(45)43(30)19-24)41-36(48)51-22-10-7-8-11-22;1-23(2,3)34-22(32)25-17-11-9-7-5-6-8-10-15-13-24(15,21(31)33-4)26-19(29)18-12-16(28)14-27(18)20(17)30/h13-15,17,20-22,24,26,30H,2-12,16,18-19H2,1H3,(H2,38,40)(H,41,48)(H,42,44)(H,46,47);15-18,28H,5-14H2,1-4H3,(H,25,32)(H,26,29)/t21?,24-,26+,30+,37-;15?,16-,17-,18-,24+/m10/s1. The summed E-state index contributed by atoms with van der Waals surface area (Å²) in [6, 6.07) is 3.43. The highest BCUT2D eigenvalue weighted by atomic mass is 32.1. The number of carboxylic acid groups (broad SMARTS) is 1. The predicted octanol–water partition coefficient (Wildman–Crippen LogP) is 6.67. The number of carbonyl (C=O) groups is 8. The number of carbonyl (C=O) groups excluding carboxylic acids is 7. The number of aliphatic hydroxyl groups excluding tert-OH is 1. The summed E-state index contributed by atoms with van der Waals surface area (Å²) >= 11 is 1.29. The molecule has 10 rings (SSSR count). The smallest absolute Gasteiger partial charge is 0.408 e. The van der Waals surface area contributed by atoms with Crippen LogP contribution in [0.4, 0.5) is 14.7 Å². The van der Waals surface area contributed by atoms with Crippen molar-refractivity contribution in [2.24, 2.45) is 11.8 Å². The minimum absolute atomic E-state index is 0.00564. The Bertz CT molecular complexity index is 2990. The fraction of sp³-hybridized carbons (Fsp3) is 0.672. The van der Waals surface area contributed by atoms with Crippen LogP contribution in [0.3, 0.4) is 0 Å². The molecule has 3 aromatic rings. The van der Waals surface area contributed by atoms with Crippen LogP contribution < -0.4 is 36.5 Å². The van der Waals surface area contributed by atoms with E-state index < -0.39 is 101 Å². The van der Waals surface area contributed by atoms with Crippen molar-refractivity contribution in [2.75, 3.05) is 33.0 Å². The molecule has 8 N–H and O–H groups in total. The number of aliphatic hydroxyl groups is 1. The van der Waals surface area contributed by atoms with Gasteiger partial charge in [0.1, 0.15) is 70.2 Å². The van der Waals surface area contributed by atoms with Crippen LogP contribution >= 0.6 is 11.3 Å². The van der Waals surface area contributed by atoms with Crippen LogP contribution in [0.25, 0.3) is 22.3 Å². The van der Waals surface area contributed by atoms with Gasteiger partial charge >= 0.3 is 24.1 Å². The van der Waals surface area contributed by atoms with Crippen LogP contribution in [0.15, 0.2) is 29.6 Å². The van der Waals surface area contributed by atoms with Crippen molar-refractivity contribution in [3.05, 3.63) is 29.6 Å². The molecule has 6 amide bonds. The third-order valence-corrected chi connectivity index (χ3v) is 18.5. The number of hydrogen-bond donors (Lipinski definition) is 7. The molecule has 7 aliphatic rings. The van der Waals surface area contributed by atoms with Gasteiger partial charge in [0.15, 0.2) is 5.13 Å². The molecule has 0 radical (unpaired) electrons. The zero-order chi connectivity index (χ0) is 61.5. The molecule has 0 bridgehead atoms. The molecule has 24 nitrogen and oxygen atoms in total. The number of alkyl carbamates (subject to hydrolysis) is 2. The average molecular weight is 1220 g/mol. The van der Waals surface area contributed by atoms with Crippen LogP contribution in [0.5, 0.6) is 11.5 Å². The van der Waals surface area contributed by atoms with E-state index in [1.54, 1.807) is 51.5 Å². The number of ether oxygens (including phenoxy) is 5. The number of methoxy groups -OCH3 is 2. The summed E-state index contributed by atoms with van der Waals surface area (Å²) in [7, 11) is 2.87. The monoisotopic (exact) mass is 1220 g/mol. The van der Waals surface area contributed by atoms with Gasteiger partial charge in [-0.15, -0.1) is 11.3 Å². The number of esters is 1. The number of nitrogens with zero attached hydrogens (tertiary/aromatic N) is 4. The largest absolute Gasteiger partial charge is 0.497 e. The molecule has 1 aromatic carbocycles. The second-order valence-electron chi connectivity index (χ2n) is 25.3. The Hall–Kier alpha value is -7.02. The topological polar surface area (TPSA) is 330 Å². The summed E-state index contributed by atoms with van der Waals surface area (Å²) in [6.07, 6.45) is 12.7. The van der Waals surface area contributed by atoms with Gasteiger partial charge in [-0.2, -0.15) is 0 Å². The molecule has 4 saturated heterocycles. The number of aromatic nitrogens is 2. The Morgan fingerprint density at radius 2 is 1.26 bits per heavy atom. The number of benzene rings is 1. The molecular weight excluding hydrogens is 1130 g/mol. The minimum Gasteiger partial charge on any atom is -0.497 e. The van der Waals surface area contributed by atoms with E-state index in [9.17, 15) is 48.6 Å². The van der Waals surface area contributed by atoms with Crippen LogP contribution in [0.2, 0.25) is 0 Å². The van der Waals surface area contributed by atoms with Gasteiger partial charge in [-0.25, -0.2) is 29.1 Å². The lowest BCUT2D eigenvalue weighted by atomic mass is 10.0. The van der Waals surface area contributed by atoms with Crippen molar-refractivity contribution in [1.29, 1.82) is 0 Å². The van der Waals surface area contributed by atoms with Gasteiger partial charge in [0.2, 0.25) is 23.6 Å². The van der Waals surface area contributed by atoms with Crippen molar-refractivity contribution < 1.29 is 72.3 Å². The van der Waals surface area contributed by atoms with Gasteiger partial charge < -0.3 is 70.7 Å². The Morgan fingerprint density at radius 1 is 0.698 bits per heavy atom. The third-order valence-electron chi connectivity index (χ3n) is 17.9. The number of hydrogen-bond acceptors (Lipinski definition) is 18. The van der Waals surface area contributed by atoms with E-state index in [1.807, 2.05) is 6.07 Å². The van der Waals surface area contributed by atoms with Crippen molar-refractivity contribution in [3.8, 4) is 22.9 Å². The predicted molar refractivity (Wildman–Crippen MR) is 316 cm³/mol. The van der Waals surface area contributed by atoms with Crippen molar-refractivity contribution in [2.45, 2.75) is 221 Å². The maximum atomic E-state index is 14.5. The first-order valence-corrected chi connectivity index (χ1v) is 31.6. The second-order valence-corrected chi connectivity index (χ2v) is 26.1. The van der Waals surface area contributed by atoms with E-state index in [0.29, 0.717) is 77.4 Å². The zero-order valence-corrected chi connectivity index (χ0v) is 50.8. The summed E-state index contributed by atoms with van der Waals surface area (Å²) in [5.74, 6) is -2.53. The van der Waals surface area contributed by atoms with Crippen molar-refractivity contribution >= 4 is 75.1 Å². The fourth-order valence-electron chi connectivity index (χ4n) is 13.1. The highest BCUT2D eigenvalue weighted by Crippen LogP contribution is 2.49. The summed E-state index contributed by atoms with van der Waals surface area (Å²) in [4.78, 5) is 118. The molecule has 25 heteroatoms. The van der Waals surface area contributed by atoms with Crippen LogP contribution in [0, 0.1) is 11.8 Å². The molecule has 470 valence electrons. The number of rotatable bonds is 9. The number of thiazole rings is 1. The van der Waals surface area contributed by atoms with Crippen molar-refractivity contribution in [3.63, 3.8) is 0 Å². The average Bonchev–Trinajstić information content (AvgIpc) is 2.79. The molecular formula is C61H85N9O15S. The van der Waals surface area contributed by atoms with Crippen LogP contribution in [-0.2, 0) is 43.0 Å². The number of amides is 6. The number of nitrogens with one attached hydrogen (secondary N) is 4. The lowest BCUT2D eigenvalue weighted by Crippen LogP contribution is -2.56. The first-order valence-electron chi connectivity index (χ1n) is 30.7. The van der Waals surface area contributed by atoms with E-state index in [4.69, 9.17) is 34.4 Å². The first-order chi connectivity index (χ1) is 41.1. The Balaban J connectivity index is 0.000000225. The summed E-state index contributed by atoms with van der Waals surface area (Å²) in [5.41, 5.74) is 4.47. The quantitative estimate of drug-likeness (QED) is 0.0868. The molecule has 3 aliphatic carbocycles. The Morgan fingerprint density at radius 3 is 1.85 bits per heavy atom. The molecule has 6 heterocycles. The van der Waals surface area contributed by atoms with E-state index >= 15 is 0 Å². The van der Waals surface area contributed by atoms with E-state index in [2.05, 4.69) is 26.3 Å². The van der Waals surface area contributed by atoms with Crippen molar-refractivity contribution in [1.82, 2.24) is 41.0 Å². The van der Waals surface area contributed by atoms with E-state index in [0.717, 1.165) is 89.9 Å². The number of pyridine rings is 1. The highest BCUT2D eigenvalue weighted by molar-refractivity contribution is 7.13. The van der Waals surface area contributed by atoms with Gasteiger partial charge in [0.05, 0.1) is 38.1 Å². The number of anilines is 1. The van der Waals surface area contributed by atoms with Gasteiger partial charge in [0, 0.05) is 42.3 Å². The maximum Gasteiger partial charge on any atom is 0.408 e. The lowest BCUT2D eigenvalue weighted by molar-refractivity contribution is -0.148. The number of fused-ring (bicyclic) bond motifs is 5. The molecule has 86 heavy (non-hydrogen) atoms. The molecule has 2 aromatic heterocycles. The minimum atomic E-state index is -1.36. The first kappa shape index (κ1) is 63.5. The Kier molecular flexibility index (Phi) is 20.2. The molecule has 4 aliphatic heterocycles. The van der Waals surface area contributed by atoms with Crippen LogP contribution in [-0.4, -0.2) is 164 Å². The van der Waals surface area contributed by atoms with E-state index in [1.165, 1.54) is 28.2 Å². The summed E-state index contributed by atoms with van der Waals surface area (Å²) < 4.78 is 28.1. The highest BCUT2D eigenvalue weighted by Gasteiger charge is 2.63. The lowest BCUT2D eigenvalue weighted by Gasteiger charge is -2.30. The SMILES string of the molecule is COC(=O)[C@@]12CC1CCCCCCC[C@H](NC(=O)OC(C)(C)C)C(=O)N1C[C@@H](O)C[C@H]1C(=O)N2.COc1ccc2c(O[C@@H]3C[C@H]4C(=O)N[C@]5(C(=O)O)CC5CCCCCCC[C@H](NC(=O)OC5CCCC5)C(=O)N4C3)cc(-c3csc(N)n3)nc2c1. The van der Waals surface area contributed by atoms with Gasteiger partial charge in [0.25, 0.3) is 0 Å². The zero-order valence-electron chi connectivity index (χ0n) is 50.0.